The van der Waals surface area contributed by atoms with Gasteiger partial charge in [-0.2, -0.15) is 0 Å². The molecule has 2 heterocycles. The zero-order valence-corrected chi connectivity index (χ0v) is 18.1. The van der Waals surface area contributed by atoms with Gasteiger partial charge in [0, 0.05) is 31.0 Å². The van der Waals surface area contributed by atoms with Crippen LogP contribution >= 0.6 is 11.3 Å². The van der Waals surface area contributed by atoms with Crippen molar-refractivity contribution in [2.75, 3.05) is 18.6 Å². The Morgan fingerprint density at radius 1 is 1.23 bits per heavy atom. The molecule has 7 heteroatoms. The van der Waals surface area contributed by atoms with E-state index in [-0.39, 0.29) is 5.91 Å². The van der Waals surface area contributed by atoms with E-state index in [4.69, 9.17) is 9.72 Å². The molecule has 0 aliphatic heterocycles. The van der Waals surface area contributed by atoms with Crippen molar-refractivity contribution in [2.24, 2.45) is 0 Å². The fourth-order valence-electron chi connectivity index (χ4n) is 3.36. The van der Waals surface area contributed by atoms with Gasteiger partial charge in [-0.3, -0.25) is 9.69 Å². The first kappa shape index (κ1) is 20.1. The van der Waals surface area contributed by atoms with Gasteiger partial charge in [0.2, 0.25) is 0 Å². The molecule has 6 nitrogen and oxygen atoms in total. The van der Waals surface area contributed by atoms with E-state index >= 15 is 0 Å². The summed E-state index contributed by atoms with van der Waals surface area (Å²) in [7, 11) is 1.60. The van der Waals surface area contributed by atoms with Crippen LogP contribution in [0.1, 0.15) is 27.9 Å². The maximum absolute atomic E-state index is 13.5. The van der Waals surface area contributed by atoms with E-state index < -0.39 is 0 Å². The molecular weight excluding hydrogens is 396 g/mol. The lowest BCUT2D eigenvalue weighted by molar-refractivity contribution is 0.0986. The average molecular weight is 421 g/mol. The molecule has 0 saturated carbocycles. The number of hydrogen-bond acceptors (Lipinski definition) is 5. The summed E-state index contributed by atoms with van der Waals surface area (Å²) in [4.78, 5) is 24.2. The summed E-state index contributed by atoms with van der Waals surface area (Å²) < 4.78 is 8.41. The van der Waals surface area contributed by atoms with Crippen LogP contribution in [0.5, 0.6) is 5.75 Å². The number of ether oxygens (including phenoxy) is 1. The molecule has 154 valence electrons. The molecule has 0 aliphatic rings. The third-order valence-corrected chi connectivity index (χ3v) is 6.27. The molecule has 0 spiro atoms. The molecule has 0 N–H and O–H groups in total. The number of nitrogens with zero attached hydrogens (tertiary/aromatic N) is 4. The monoisotopic (exact) mass is 420 g/mol. The molecule has 2 aromatic heterocycles. The van der Waals surface area contributed by atoms with E-state index in [1.54, 1.807) is 41.9 Å². The molecule has 0 radical (unpaired) electrons. The highest BCUT2D eigenvalue weighted by atomic mass is 32.1. The Morgan fingerprint density at radius 3 is 2.87 bits per heavy atom. The van der Waals surface area contributed by atoms with Gasteiger partial charge in [-0.1, -0.05) is 23.5 Å². The molecule has 0 saturated heterocycles. The van der Waals surface area contributed by atoms with E-state index in [2.05, 4.69) is 31.0 Å². The minimum atomic E-state index is -0.0760. The molecule has 0 aliphatic carbocycles. The normalized spacial score (nSPS) is 11.0. The van der Waals surface area contributed by atoms with Crippen molar-refractivity contribution in [3.05, 3.63) is 71.8 Å². The van der Waals surface area contributed by atoms with Crippen molar-refractivity contribution < 1.29 is 9.53 Å². The van der Waals surface area contributed by atoms with Crippen LogP contribution in [0.4, 0.5) is 5.13 Å². The third-order valence-electron chi connectivity index (χ3n) is 5.22. The predicted octanol–water partition coefficient (Wildman–Crippen LogP) is 4.86. The van der Waals surface area contributed by atoms with Gasteiger partial charge in [-0.25, -0.2) is 9.97 Å². The minimum absolute atomic E-state index is 0.0760. The number of methoxy groups -OCH3 is 1. The fourth-order valence-corrected chi connectivity index (χ4v) is 4.41. The Bertz CT molecular complexity index is 1170. The Kier molecular flexibility index (Phi) is 5.81. The summed E-state index contributed by atoms with van der Waals surface area (Å²) in [5.74, 6) is 0.586. The molecule has 0 atom stereocenters. The minimum Gasteiger partial charge on any atom is -0.497 e. The second-order valence-electron chi connectivity index (χ2n) is 7.19. The highest BCUT2D eigenvalue weighted by Crippen LogP contribution is 2.33. The van der Waals surface area contributed by atoms with Gasteiger partial charge in [0.1, 0.15) is 5.75 Å². The number of aryl methyl sites for hydroxylation is 3. The number of fused-ring (bicyclic) bond motifs is 1. The SMILES string of the molecule is COc1cccc(C(=O)N(CCCn2ccnc2)c2nc3c(C)c(C)ccc3s2)c1. The summed E-state index contributed by atoms with van der Waals surface area (Å²) in [6, 6.07) is 11.4. The highest BCUT2D eigenvalue weighted by molar-refractivity contribution is 7.22. The van der Waals surface area contributed by atoms with E-state index in [9.17, 15) is 4.79 Å². The summed E-state index contributed by atoms with van der Waals surface area (Å²) in [5.41, 5.74) is 3.91. The van der Waals surface area contributed by atoms with E-state index in [0.29, 0.717) is 17.9 Å². The molecule has 4 rings (SSSR count). The Hall–Kier alpha value is -3.19. The van der Waals surface area contributed by atoms with Gasteiger partial charge in [0.05, 0.1) is 23.7 Å². The molecule has 30 heavy (non-hydrogen) atoms. The lowest BCUT2D eigenvalue weighted by Crippen LogP contribution is -2.32. The van der Waals surface area contributed by atoms with Crippen LogP contribution in [0, 0.1) is 13.8 Å². The van der Waals surface area contributed by atoms with Gasteiger partial charge in [0.25, 0.3) is 5.91 Å². The predicted molar refractivity (Wildman–Crippen MR) is 121 cm³/mol. The zero-order valence-electron chi connectivity index (χ0n) is 17.3. The summed E-state index contributed by atoms with van der Waals surface area (Å²) in [6.45, 7) is 5.50. The fraction of sp³-hybridized carbons (Fsp3) is 0.261. The average Bonchev–Trinajstić information content (AvgIpc) is 3.44. The van der Waals surface area contributed by atoms with Crippen LogP contribution in [-0.2, 0) is 6.54 Å². The van der Waals surface area contributed by atoms with Crippen LogP contribution in [0.25, 0.3) is 10.2 Å². The number of imidazole rings is 1. The number of anilines is 1. The van der Waals surface area contributed by atoms with Gasteiger partial charge in [0.15, 0.2) is 5.13 Å². The highest BCUT2D eigenvalue weighted by Gasteiger charge is 2.22. The van der Waals surface area contributed by atoms with Gasteiger partial charge in [-0.05, 0) is 55.7 Å². The number of thiazole rings is 1. The smallest absolute Gasteiger partial charge is 0.260 e. The van der Waals surface area contributed by atoms with Crippen molar-refractivity contribution >= 4 is 32.6 Å². The number of aromatic nitrogens is 3. The van der Waals surface area contributed by atoms with Crippen molar-refractivity contribution in [2.45, 2.75) is 26.8 Å². The van der Waals surface area contributed by atoms with Crippen molar-refractivity contribution in [1.82, 2.24) is 14.5 Å². The molecular formula is C23H24N4O2S. The van der Waals surface area contributed by atoms with Crippen LogP contribution in [-0.4, -0.2) is 34.1 Å². The van der Waals surface area contributed by atoms with Gasteiger partial charge in [-0.15, -0.1) is 0 Å². The van der Waals surface area contributed by atoms with E-state index in [1.807, 2.05) is 29.0 Å². The molecule has 0 unspecified atom stereocenters. The summed E-state index contributed by atoms with van der Waals surface area (Å²) in [5, 5.41) is 0.720. The maximum Gasteiger partial charge on any atom is 0.260 e. The second-order valence-corrected chi connectivity index (χ2v) is 8.20. The summed E-state index contributed by atoms with van der Waals surface area (Å²) in [6.07, 6.45) is 6.27. The third kappa shape index (κ3) is 4.07. The van der Waals surface area contributed by atoms with Crippen LogP contribution in [0.2, 0.25) is 0 Å². The number of hydrogen-bond donors (Lipinski definition) is 0. The molecule has 2 aromatic carbocycles. The number of carbonyl (C=O) groups excluding carboxylic acids is 1. The standard InChI is InChI=1S/C23H24N4O2S/c1-16-8-9-20-21(17(16)2)25-23(30-20)27(12-5-11-26-13-10-24-15-26)22(28)18-6-4-7-19(14-18)29-3/h4,6-10,13-15H,5,11-12H2,1-3H3. The largest absolute Gasteiger partial charge is 0.497 e. The topological polar surface area (TPSA) is 60.2 Å². The Balaban J connectivity index is 1.67. The van der Waals surface area contributed by atoms with Gasteiger partial charge >= 0.3 is 0 Å². The zero-order chi connectivity index (χ0) is 21.1. The van der Waals surface area contributed by atoms with Gasteiger partial charge < -0.3 is 9.30 Å². The number of rotatable bonds is 7. The van der Waals surface area contributed by atoms with E-state index in [0.717, 1.165) is 33.9 Å². The molecule has 0 bridgehead atoms. The molecule has 4 aromatic rings. The number of carbonyl (C=O) groups is 1. The lowest BCUT2D eigenvalue weighted by Gasteiger charge is -2.20. The van der Waals surface area contributed by atoms with Crippen molar-refractivity contribution in [1.29, 1.82) is 0 Å². The van der Waals surface area contributed by atoms with Crippen molar-refractivity contribution in [3.63, 3.8) is 0 Å². The summed E-state index contributed by atoms with van der Waals surface area (Å²) >= 11 is 1.55. The first-order valence-electron chi connectivity index (χ1n) is 9.85. The van der Waals surface area contributed by atoms with Crippen LogP contribution < -0.4 is 9.64 Å². The second kappa shape index (κ2) is 8.67. The Labute approximate surface area is 179 Å². The Morgan fingerprint density at radius 2 is 2.10 bits per heavy atom. The molecule has 1 amide bonds. The first-order valence-corrected chi connectivity index (χ1v) is 10.7. The first-order chi connectivity index (χ1) is 14.6. The number of benzene rings is 2. The lowest BCUT2D eigenvalue weighted by atomic mass is 10.1. The quantitative estimate of drug-likeness (QED) is 0.429. The van der Waals surface area contributed by atoms with E-state index in [1.165, 1.54) is 5.56 Å². The van der Waals surface area contributed by atoms with Crippen LogP contribution in [0.3, 0.4) is 0 Å². The van der Waals surface area contributed by atoms with Crippen molar-refractivity contribution in [3.8, 4) is 5.75 Å². The maximum atomic E-state index is 13.5. The van der Waals surface area contributed by atoms with Crippen LogP contribution in [0.15, 0.2) is 55.1 Å². The number of amides is 1. The molecule has 0 fully saturated rings.